The van der Waals surface area contributed by atoms with Crippen molar-refractivity contribution in [3.8, 4) is 0 Å². The molecule has 0 saturated heterocycles. The normalized spacial score (nSPS) is 15.7. The molecule has 13 nitrogen and oxygen atoms in total. The van der Waals surface area contributed by atoms with Crippen molar-refractivity contribution in [3.63, 3.8) is 0 Å². The summed E-state index contributed by atoms with van der Waals surface area (Å²) in [6, 6.07) is 54.0. The van der Waals surface area contributed by atoms with Crippen LogP contribution in [-0.2, 0) is 88.8 Å². The molecule has 5 aromatic heterocycles. The molecule has 0 amide bonds. The average molecular weight is 2170 g/mol. The predicted molar refractivity (Wildman–Crippen MR) is 602 cm³/mol. The standard InChI is InChI=1S/2C24H32ClNO2.2C24H32ClNOS.C23H31ClN2O.2CH4.In.H/c4*1-18(27)24(2,3)14-8-4-5-11-22(20-9-6-7-10-21(20)25)26-15-12-23-19(17-26)13-16-28-23;1-17(27)23(2,3)13-7-6-10-22(19-8-4-5-9-20(19)24)26-15-12-21-18(16-26)11-14-25-21;;;;/h4*6-7,9-10,13,16,22H,4-5,8,11-12,14-15,17H2,1-3H3;4-5,8-9,11,14,22,25H,6-7,10,12-13,15-16H2,1-3H3;2*1H4;;. The number of rotatable bonds is 44. The second-order valence-electron chi connectivity index (χ2n) is 43.1. The zero-order valence-electron chi connectivity index (χ0n) is 86.8. The van der Waals surface area contributed by atoms with Crippen LogP contribution in [0.2, 0.25) is 25.1 Å². The summed E-state index contributed by atoms with van der Waals surface area (Å²) in [7, 11) is 0. The number of unbranched alkanes of at least 4 members (excludes halogenated alkanes) is 9. The quantitative estimate of drug-likeness (QED) is 0.0363. The van der Waals surface area contributed by atoms with Crippen LogP contribution in [0.3, 0.4) is 0 Å². The second-order valence-corrected chi connectivity index (χ2v) is 47.1. The molecule has 5 unspecified atom stereocenters. The number of benzene rings is 5. The van der Waals surface area contributed by atoms with E-state index in [4.69, 9.17) is 66.8 Å². The van der Waals surface area contributed by atoms with Gasteiger partial charge >= 0.3 is 25.8 Å². The number of H-pyrrole nitrogens is 1. The van der Waals surface area contributed by atoms with E-state index in [9.17, 15) is 24.0 Å². The maximum absolute atomic E-state index is 11.8. The van der Waals surface area contributed by atoms with Gasteiger partial charge < -0.3 is 13.8 Å². The van der Waals surface area contributed by atoms with Gasteiger partial charge in [0.15, 0.2) is 0 Å². The SMILES string of the molecule is C.C.CC(=O)C(C)(C)CCCCC(c1ccccc1Cl)N1CCc2[nH]ccc2C1.CC(=O)C(C)(C)CCCCCC(c1ccccc1Cl)N1CCc2occc2C1.CC(=O)C(C)(C)CCCCCC(c1ccccc1Cl)N1CCc2occc2C1.CC(=O)C(C)(C)CCCCCC(c1ccccc1Cl)N1CCc2sccc2C1.CC(=O)C(C)(C)CCCCCC(c1ccccc1Cl)N1CCc2sccc2C1.[InH]. The Morgan fingerprint density at radius 1 is 0.310 bits per heavy atom. The second kappa shape index (κ2) is 58.7. The number of ketones is 5. The van der Waals surface area contributed by atoms with Crippen molar-refractivity contribution >= 4 is 135 Å². The van der Waals surface area contributed by atoms with E-state index in [1.165, 1.54) is 61.3 Å². The Morgan fingerprint density at radius 3 is 0.824 bits per heavy atom. The number of nitrogens with zero attached hydrogens (tertiary/aromatic N) is 5. The van der Waals surface area contributed by atoms with Crippen LogP contribution in [0.5, 0.6) is 0 Å². The van der Waals surface area contributed by atoms with Crippen LogP contribution in [-0.4, -0.2) is 117 Å². The first kappa shape index (κ1) is 121. The third-order valence-electron chi connectivity index (χ3n) is 31.2. The number of aromatic nitrogens is 1. The molecule has 5 atom stereocenters. The Balaban J connectivity index is 0.000000216. The number of hydrogen-bond donors (Lipinski definition) is 1. The predicted octanol–water partition coefficient (Wildman–Crippen LogP) is 33.9. The van der Waals surface area contributed by atoms with Crippen LogP contribution >= 0.6 is 80.7 Å². The summed E-state index contributed by atoms with van der Waals surface area (Å²) in [5.74, 6) is 3.68. The van der Waals surface area contributed by atoms with E-state index in [0.29, 0.717) is 41.8 Å². The van der Waals surface area contributed by atoms with Gasteiger partial charge in [0.1, 0.15) is 40.4 Å². The Hall–Kier alpha value is -6.19. The van der Waals surface area contributed by atoms with Crippen LogP contribution < -0.4 is 0 Å². The van der Waals surface area contributed by atoms with Gasteiger partial charge in [-0.1, -0.05) is 323 Å². The summed E-state index contributed by atoms with van der Waals surface area (Å²) in [4.78, 5) is 78.0. The molecule has 5 aliphatic heterocycles. The van der Waals surface area contributed by atoms with Gasteiger partial charge in [0.05, 0.1) is 12.5 Å². The molecule has 774 valence electrons. The van der Waals surface area contributed by atoms with Gasteiger partial charge in [-0.2, -0.15) is 0 Å². The summed E-state index contributed by atoms with van der Waals surface area (Å²) in [5, 5.41) is 8.74. The number of hydrogen-bond acceptors (Lipinski definition) is 14. The zero-order valence-corrected chi connectivity index (χ0v) is 96.2. The van der Waals surface area contributed by atoms with Gasteiger partial charge in [-0.15, -0.1) is 22.7 Å². The molecule has 1 N–H and O–H groups in total. The van der Waals surface area contributed by atoms with Gasteiger partial charge in [0.25, 0.3) is 0 Å². The third-order valence-corrected chi connectivity index (χ3v) is 35.0. The summed E-state index contributed by atoms with van der Waals surface area (Å²) in [6.07, 6.45) is 36.9. The number of aromatic amines is 1. The molecule has 10 heterocycles. The molecular formula is C121H168Cl5InN6O7S2. The molecule has 0 spiro atoms. The van der Waals surface area contributed by atoms with Crippen molar-refractivity contribution in [2.45, 2.75) is 368 Å². The van der Waals surface area contributed by atoms with Crippen LogP contribution in [0, 0.1) is 27.1 Å². The number of nitrogens with one attached hydrogen (secondary N) is 1. The molecule has 5 aliphatic rings. The van der Waals surface area contributed by atoms with Gasteiger partial charge in [-0.05, 0) is 228 Å². The fourth-order valence-corrected chi connectivity index (χ4v) is 23.4. The van der Waals surface area contributed by atoms with Crippen molar-refractivity contribution in [1.29, 1.82) is 0 Å². The number of fused-ring (bicyclic) bond motifs is 5. The van der Waals surface area contributed by atoms with E-state index in [2.05, 4.69) is 200 Å². The number of thiophene rings is 2. The van der Waals surface area contributed by atoms with Gasteiger partial charge in [0, 0.05) is 200 Å². The number of halogens is 5. The van der Waals surface area contributed by atoms with Crippen molar-refractivity contribution < 1.29 is 32.8 Å². The van der Waals surface area contributed by atoms with Crippen molar-refractivity contribution in [2.75, 3.05) is 32.7 Å². The topological polar surface area (TPSA) is 144 Å². The molecular weight excluding hydrogens is 2010 g/mol. The van der Waals surface area contributed by atoms with Crippen molar-refractivity contribution in [2.24, 2.45) is 27.1 Å². The third kappa shape index (κ3) is 35.5. The van der Waals surface area contributed by atoms with E-state index >= 15 is 0 Å². The maximum atomic E-state index is 11.8. The summed E-state index contributed by atoms with van der Waals surface area (Å²) >= 11 is 36.7. The first-order chi connectivity index (χ1) is 66.4. The van der Waals surface area contributed by atoms with E-state index in [0.717, 1.165) is 288 Å². The van der Waals surface area contributed by atoms with E-state index in [1.54, 1.807) is 56.9 Å². The molecule has 10 aromatic rings. The van der Waals surface area contributed by atoms with E-state index in [-0.39, 0.29) is 85.1 Å². The van der Waals surface area contributed by atoms with Crippen LogP contribution in [0.15, 0.2) is 190 Å². The number of furan rings is 2. The van der Waals surface area contributed by atoms with Gasteiger partial charge in [0.2, 0.25) is 0 Å². The first-order valence-electron chi connectivity index (χ1n) is 51.8. The van der Waals surface area contributed by atoms with E-state index in [1.807, 2.05) is 89.5 Å². The fourth-order valence-electron chi connectivity index (χ4n) is 20.3. The number of carbonyl (C=O) groups is 5. The molecule has 15 rings (SSSR count). The van der Waals surface area contributed by atoms with Crippen LogP contribution in [0.25, 0.3) is 0 Å². The van der Waals surface area contributed by atoms with Gasteiger partial charge in [-0.3, -0.25) is 48.5 Å². The van der Waals surface area contributed by atoms with Gasteiger partial charge in [-0.25, -0.2) is 0 Å². The zero-order chi connectivity index (χ0) is 100. The first-order valence-corrected chi connectivity index (χ1v) is 55.4. The molecule has 5 aromatic carbocycles. The Kier molecular flexibility index (Phi) is 50.0. The Labute approximate surface area is 906 Å². The molecule has 21 heteroatoms. The minimum absolute atomic E-state index is 0. The van der Waals surface area contributed by atoms with Crippen LogP contribution in [0.1, 0.15) is 386 Å². The van der Waals surface area contributed by atoms with Crippen molar-refractivity contribution in [3.05, 3.63) is 289 Å². The molecule has 0 aliphatic carbocycles. The molecule has 0 bridgehead atoms. The monoisotopic (exact) mass is 2170 g/mol. The number of Topliss-reactive ketones (excluding diaryl/α,β-unsaturated/α-hetero) is 5. The van der Waals surface area contributed by atoms with E-state index < -0.39 is 0 Å². The van der Waals surface area contributed by atoms with Crippen molar-refractivity contribution in [1.82, 2.24) is 29.5 Å². The Bertz CT molecular complexity index is 4990. The average Bonchev–Trinajstić information content (AvgIpc) is 1.55. The Morgan fingerprint density at radius 2 is 0.549 bits per heavy atom. The summed E-state index contributed by atoms with van der Waals surface area (Å²) in [5.41, 5.74) is 13.5. The van der Waals surface area contributed by atoms with Crippen LogP contribution in [0.4, 0.5) is 0 Å². The molecule has 2 radical (unpaired) electrons. The number of carbonyl (C=O) groups excluding carboxylic acids is 5. The molecule has 0 saturated carbocycles. The summed E-state index contributed by atoms with van der Waals surface area (Å²) < 4.78 is 11.2. The molecule has 142 heavy (non-hydrogen) atoms. The summed E-state index contributed by atoms with van der Waals surface area (Å²) in [6.45, 7) is 39.2. The molecule has 0 fully saturated rings. The fraction of sp³-hybridized carbons (Fsp3) is 0.545. The minimum atomic E-state index is -0.217.